The van der Waals surface area contributed by atoms with Gasteiger partial charge in [0.05, 0.1) is 26.9 Å². The van der Waals surface area contributed by atoms with Crippen molar-refractivity contribution in [1.82, 2.24) is 4.90 Å². The van der Waals surface area contributed by atoms with Crippen LogP contribution >= 0.6 is 0 Å². The van der Waals surface area contributed by atoms with E-state index in [1.807, 2.05) is 24.3 Å². The van der Waals surface area contributed by atoms with Crippen LogP contribution in [0.15, 0.2) is 45.6 Å². The first kappa shape index (κ1) is 22.8. The van der Waals surface area contributed by atoms with E-state index >= 15 is 0 Å². The first-order valence-electron chi connectivity index (χ1n) is 11.0. The maximum absolute atomic E-state index is 12.7. The summed E-state index contributed by atoms with van der Waals surface area (Å²) in [5.41, 5.74) is 0.850. The molecular weight excluding hydrogens is 426 g/mol. The third-order valence-electron chi connectivity index (χ3n) is 5.85. The van der Waals surface area contributed by atoms with Gasteiger partial charge in [-0.2, -0.15) is 0 Å². The van der Waals surface area contributed by atoms with E-state index in [9.17, 15) is 9.90 Å². The van der Waals surface area contributed by atoms with Crippen LogP contribution in [-0.4, -0.2) is 57.1 Å². The van der Waals surface area contributed by atoms with Crippen LogP contribution in [0.25, 0.3) is 11.0 Å². The average molecular weight is 456 g/mol. The predicted molar refractivity (Wildman–Crippen MR) is 124 cm³/mol. The second kappa shape index (κ2) is 10.0. The van der Waals surface area contributed by atoms with Crippen LogP contribution in [0.2, 0.25) is 0 Å². The van der Waals surface area contributed by atoms with Crippen molar-refractivity contribution in [1.29, 1.82) is 0 Å². The molecule has 1 aromatic heterocycles. The number of fused-ring (bicyclic) bond motifs is 1. The number of hydrogen-bond donors (Lipinski definition) is 1. The van der Waals surface area contributed by atoms with E-state index < -0.39 is 5.43 Å². The number of hydrogen-bond acceptors (Lipinski definition) is 8. The highest BCUT2D eigenvalue weighted by Gasteiger charge is 2.22. The molecule has 33 heavy (non-hydrogen) atoms. The Balaban J connectivity index is 1.55. The van der Waals surface area contributed by atoms with Gasteiger partial charge in [-0.3, -0.25) is 4.79 Å². The molecular formula is C25H29NO7. The number of aromatic hydroxyl groups is 1. The maximum atomic E-state index is 12.7. The summed E-state index contributed by atoms with van der Waals surface area (Å²) in [6.45, 7) is 2.18. The maximum Gasteiger partial charge on any atom is 0.289 e. The Hall–Kier alpha value is -3.39. The van der Waals surface area contributed by atoms with Gasteiger partial charge in [0.2, 0.25) is 11.2 Å². The van der Waals surface area contributed by atoms with Crippen LogP contribution in [0, 0.1) is 0 Å². The van der Waals surface area contributed by atoms with Gasteiger partial charge in [0.25, 0.3) is 5.95 Å². The third kappa shape index (κ3) is 5.17. The van der Waals surface area contributed by atoms with Crippen molar-refractivity contribution in [2.24, 2.45) is 0 Å². The summed E-state index contributed by atoms with van der Waals surface area (Å²) < 4.78 is 28.2. The second-order valence-corrected chi connectivity index (χ2v) is 8.13. The van der Waals surface area contributed by atoms with Crippen LogP contribution in [0.5, 0.6) is 28.9 Å². The van der Waals surface area contributed by atoms with Crippen LogP contribution in [0.3, 0.4) is 0 Å². The lowest BCUT2D eigenvalue weighted by Gasteiger charge is -2.28. The smallest absolute Gasteiger partial charge is 0.289 e. The Morgan fingerprint density at radius 2 is 1.82 bits per heavy atom. The first-order valence-corrected chi connectivity index (χ1v) is 11.0. The summed E-state index contributed by atoms with van der Waals surface area (Å²) in [5.74, 6) is 0.989. The summed E-state index contributed by atoms with van der Waals surface area (Å²) in [6, 6.07) is 10.5. The molecule has 2 heterocycles. The van der Waals surface area contributed by atoms with E-state index in [0.717, 1.165) is 37.2 Å². The van der Waals surface area contributed by atoms with Crippen LogP contribution < -0.4 is 24.4 Å². The number of piperidine rings is 1. The molecule has 2 aromatic carbocycles. The SMILES string of the molecule is COc1ccc(CCOc2cc3oc(OC4CCN(C)CC4)cc(=O)c3c(O)c2OC)cc1. The number of phenols is 1. The largest absolute Gasteiger partial charge is 0.504 e. The number of likely N-dealkylation sites (tertiary alicyclic amines) is 1. The van der Waals surface area contributed by atoms with Gasteiger partial charge in [-0.25, -0.2) is 0 Å². The minimum Gasteiger partial charge on any atom is -0.504 e. The zero-order valence-electron chi connectivity index (χ0n) is 19.1. The van der Waals surface area contributed by atoms with E-state index in [4.69, 9.17) is 23.4 Å². The second-order valence-electron chi connectivity index (χ2n) is 8.13. The Bertz CT molecular complexity index is 1150. The number of phenolic OH excluding ortho intramolecular Hbond substituents is 1. The average Bonchev–Trinajstić information content (AvgIpc) is 2.81. The van der Waals surface area contributed by atoms with E-state index in [-0.39, 0.29) is 40.3 Å². The Labute approximate surface area is 192 Å². The number of ether oxygens (including phenoxy) is 4. The fraction of sp³-hybridized carbons (Fsp3) is 0.400. The van der Waals surface area contributed by atoms with Gasteiger partial charge in [-0.05, 0) is 37.6 Å². The third-order valence-corrected chi connectivity index (χ3v) is 5.85. The van der Waals surface area contributed by atoms with Gasteiger partial charge in [0.15, 0.2) is 11.5 Å². The summed E-state index contributed by atoms with van der Waals surface area (Å²) in [4.78, 5) is 15.0. The molecule has 0 bridgehead atoms. The molecule has 176 valence electrons. The van der Waals surface area contributed by atoms with E-state index in [1.165, 1.54) is 13.2 Å². The molecule has 0 radical (unpaired) electrons. The standard InChI is InChI=1S/C25H29NO7/c1-26-11-8-18(9-12-26)32-22-14-19(27)23-20(33-22)15-21(25(30-3)24(23)28)31-13-10-16-4-6-17(29-2)7-5-16/h4-7,14-15,18,28H,8-13H2,1-3H3. The molecule has 0 atom stereocenters. The monoisotopic (exact) mass is 455 g/mol. The Kier molecular flexibility index (Phi) is 6.93. The van der Waals surface area contributed by atoms with Gasteiger partial charge in [-0.1, -0.05) is 12.1 Å². The molecule has 0 unspecified atom stereocenters. The summed E-state index contributed by atoms with van der Waals surface area (Å²) in [7, 11) is 5.11. The van der Waals surface area contributed by atoms with Crippen molar-refractivity contribution in [2.45, 2.75) is 25.4 Å². The zero-order valence-corrected chi connectivity index (χ0v) is 19.1. The highest BCUT2D eigenvalue weighted by Crippen LogP contribution is 2.42. The fourth-order valence-electron chi connectivity index (χ4n) is 3.94. The van der Waals surface area contributed by atoms with E-state index in [2.05, 4.69) is 11.9 Å². The highest BCUT2D eigenvalue weighted by molar-refractivity contribution is 5.88. The minimum atomic E-state index is -0.403. The lowest BCUT2D eigenvalue weighted by Crippen LogP contribution is -2.35. The van der Waals surface area contributed by atoms with Crippen molar-refractivity contribution in [3.63, 3.8) is 0 Å². The molecule has 0 amide bonds. The zero-order chi connectivity index (χ0) is 23.4. The normalized spacial score (nSPS) is 14.9. The lowest BCUT2D eigenvalue weighted by atomic mass is 10.1. The topological polar surface area (TPSA) is 90.6 Å². The van der Waals surface area contributed by atoms with E-state index in [0.29, 0.717) is 13.0 Å². The molecule has 8 heteroatoms. The Morgan fingerprint density at radius 1 is 1.09 bits per heavy atom. The molecule has 1 N–H and O–H groups in total. The number of methoxy groups -OCH3 is 2. The van der Waals surface area contributed by atoms with Gasteiger partial charge in [-0.15, -0.1) is 0 Å². The molecule has 8 nitrogen and oxygen atoms in total. The number of rotatable bonds is 8. The van der Waals surface area contributed by atoms with Crippen LogP contribution in [0.4, 0.5) is 0 Å². The van der Waals surface area contributed by atoms with Crippen molar-refractivity contribution < 1.29 is 28.5 Å². The summed E-state index contributed by atoms with van der Waals surface area (Å²) in [6.07, 6.45) is 2.32. The van der Waals surface area contributed by atoms with E-state index in [1.54, 1.807) is 13.2 Å². The fourth-order valence-corrected chi connectivity index (χ4v) is 3.94. The molecule has 0 aliphatic carbocycles. The molecule has 1 aliphatic rings. The minimum absolute atomic E-state index is 0.0196. The van der Waals surface area contributed by atoms with Gasteiger partial charge < -0.3 is 33.4 Å². The summed E-state index contributed by atoms with van der Waals surface area (Å²) >= 11 is 0. The van der Waals surface area contributed by atoms with Crippen molar-refractivity contribution >= 4 is 11.0 Å². The number of nitrogens with zero attached hydrogens (tertiary/aromatic N) is 1. The van der Waals surface area contributed by atoms with Crippen LogP contribution in [0.1, 0.15) is 18.4 Å². The van der Waals surface area contributed by atoms with Crippen molar-refractivity contribution in [3.8, 4) is 28.9 Å². The van der Waals surface area contributed by atoms with Crippen molar-refractivity contribution in [2.75, 3.05) is 41.0 Å². The van der Waals surface area contributed by atoms with Crippen molar-refractivity contribution in [3.05, 3.63) is 52.2 Å². The molecule has 0 saturated carbocycles. The first-order chi connectivity index (χ1) is 16.0. The van der Waals surface area contributed by atoms with Crippen LogP contribution in [-0.2, 0) is 6.42 Å². The molecule has 0 spiro atoms. The quantitative estimate of drug-likeness (QED) is 0.551. The molecule has 3 aromatic rings. The molecule has 4 rings (SSSR count). The molecule has 1 saturated heterocycles. The van der Waals surface area contributed by atoms with Gasteiger partial charge in [0.1, 0.15) is 22.8 Å². The Morgan fingerprint density at radius 3 is 2.48 bits per heavy atom. The molecule has 1 fully saturated rings. The van der Waals surface area contributed by atoms with Gasteiger partial charge >= 0.3 is 0 Å². The molecule has 1 aliphatic heterocycles. The highest BCUT2D eigenvalue weighted by atomic mass is 16.6. The number of benzene rings is 2. The lowest BCUT2D eigenvalue weighted by molar-refractivity contribution is 0.0908. The predicted octanol–water partition coefficient (Wildman–Crippen LogP) is 3.61. The summed E-state index contributed by atoms with van der Waals surface area (Å²) in [5, 5.41) is 10.7. The van der Waals surface area contributed by atoms with Gasteiger partial charge in [0, 0.05) is 25.6 Å².